The van der Waals surface area contributed by atoms with E-state index in [0.29, 0.717) is 11.6 Å². The molecule has 1 aromatic heterocycles. The highest BCUT2D eigenvalue weighted by molar-refractivity contribution is 8.00. The maximum absolute atomic E-state index is 11.9. The lowest BCUT2D eigenvalue weighted by Gasteiger charge is -2.14. The minimum absolute atomic E-state index is 0.0113. The number of carbonyl (C=O) groups excluding carboxylic acids is 1. The average Bonchev–Trinajstić information content (AvgIpc) is 2.91. The van der Waals surface area contributed by atoms with Crippen LogP contribution < -0.4 is 5.32 Å². The number of aromatic nitrogens is 1. The van der Waals surface area contributed by atoms with Gasteiger partial charge in [-0.25, -0.2) is 4.98 Å². The summed E-state index contributed by atoms with van der Waals surface area (Å²) in [7, 11) is 0. The maximum atomic E-state index is 11.9. The smallest absolute Gasteiger partial charge is 0.233 e. The molecule has 0 saturated carbocycles. The van der Waals surface area contributed by atoms with Crippen LogP contribution in [0.4, 0.5) is 0 Å². The molecule has 1 N–H and O–H groups in total. The van der Waals surface area contributed by atoms with Crippen LogP contribution in [0.5, 0.6) is 0 Å². The SMILES string of the molecule is C[C@@H](Sc1ccc(Cl)cn1)C(=O)NC[C@@H]1CCCO1. The number of ether oxygens (including phenoxy) is 1. The van der Waals surface area contributed by atoms with E-state index >= 15 is 0 Å². The molecule has 4 nitrogen and oxygen atoms in total. The predicted octanol–water partition coefficient (Wildman–Crippen LogP) is 2.51. The topological polar surface area (TPSA) is 51.2 Å². The van der Waals surface area contributed by atoms with Gasteiger partial charge in [0.1, 0.15) is 0 Å². The summed E-state index contributed by atoms with van der Waals surface area (Å²) >= 11 is 7.19. The van der Waals surface area contributed by atoms with Crippen LogP contribution in [0.25, 0.3) is 0 Å². The molecule has 2 rings (SSSR count). The van der Waals surface area contributed by atoms with Crippen molar-refractivity contribution in [1.82, 2.24) is 10.3 Å². The Morgan fingerprint density at radius 1 is 1.68 bits per heavy atom. The van der Waals surface area contributed by atoms with Crippen molar-refractivity contribution >= 4 is 29.3 Å². The van der Waals surface area contributed by atoms with Gasteiger partial charge in [0.05, 0.1) is 21.4 Å². The highest BCUT2D eigenvalue weighted by atomic mass is 35.5. The highest BCUT2D eigenvalue weighted by Gasteiger charge is 2.19. The van der Waals surface area contributed by atoms with Gasteiger partial charge in [0, 0.05) is 19.3 Å². The summed E-state index contributed by atoms with van der Waals surface area (Å²) in [6.07, 6.45) is 3.87. The first-order valence-corrected chi connectivity index (χ1v) is 7.58. The fourth-order valence-corrected chi connectivity index (χ4v) is 2.75. The zero-order valence-electron chi connectivity index (χ0n) is 10.8. The van der Waals surface area contributed by atoms with Crippen molar-refractivity contribution in [2.24, 2.45) is 0 Å². The molecule has 0 aromatic carbocycles. The number of rotatable bonds is 5. The van der Waals surface area contributed by atoms with Gasteiger partial charge < -0.3 is 10.1 Å². The third kappa shape index (κ3) is 4.67. The quantitative estimate of drug-likeness (QED) is 0.849. The molecule has 104 valence electrons. The van der Waals surface area contributed by atoms with Crippen molar-refractivity contribution in [2.75, 3.05) is 13.2 Å². The molecule has 1 aliphatic heterocycles. The van der Waals surface area contributed by atoms with Gasteiger partial charge in [-0.15, -0.1) is 0 Å². The van der Waals surface area contributed by atoms with Crippen LogP contribution in [0.3, 0.4) is 0 Å². The van der Waals surface area contributed by atoms with Gasteiger partial charge in [-0.05, 0) is 31.9 Å². The summed E-state index contributed by atoms with van der Waals surface area (Å²) in [5.74, 6) is 0.0113. The Morgan fingerprint density at radius 3 is 3.16 bits per heavy atom. The van der Waals surface area contributed by atoms with E-state index in [9.17, 15) is 4.79 Å². The first-order valence-electron chi connectivity index (χ1n) is 6.32. The number of carbonyl (C=O) groups is 1. The molecule has 1 aromatic rings. The van der Waals surface area contributed by atoms with Gasteiger partial charge >= 0.3 is 0 Å². The highest BCUT2D eigenvalue weighted by Crippen LogP contribution is 2.22. The van der Waals surface area contributed by atoms with Crippen molar-refractivity contribution in [3.63, 3.8) is 0 Å². The van der Waals surface area contributed by atoms with E-state index in [1.807, 2.05) is 13.0 Å². The number of nitrogens with one attached hydrogen (secondary N) is 1. The van der Waals surface area contributed by atoms with Crippen LogP contribution in [0, 0.1) is 0 Å². The molecule has 1 saturated heterocycles. The van der Waals surface area contributed by atoms with Crippen molar-refractivity contribution in [3.8, 4) is 0 Å². The molecule has 0 radical (unpaired) electrons. The number of halogens is 1. The monoisotopic (exact) mass is 300 g/mol. The van der Waals surface area contributed by atoms with Gasteiger partial charge in [-0.3, -0.25) is 4.79 Å². The van der Waals surface area contributed by atoms with Crippen molar-refractivity contribution < 1.29 is 9.53 Å². The van der Waals surface area contributed by atoms with E-state index in [1.165, 1.54) is 11.8 Å². The van der Waals surface area contributed by atoms with E-state index < -0.39 is 0 Å². The zero-order chi connectivity index (χ0) is 13.7. The fraction of sp³-hybridized carbons (Fsp3) is 0.538. The van der Waals surface area contributed by atoms with Crippen LogP contribution >= 0.6 is 23.4 Å². The summed E-state index contributed by atoms with van der Waals surface area (Å²) in [6.45, 7) is 3.27. The summed E-state index contributed by atoms with van der Waals surface area (Å²) < 4.78 is 5.47. The first-order chi connectivity index (χ1) is 9.15. The Hall–Kier alpha value is -0.780. The molecule has 6 heteroatoms. The molecule has 0 unspecified atom stereocenters. The maximum Gasteiger partial charge on any atom is 0.233 e. The molecule has 1 fully saturated rings. The molecule has 1 amide bonds. The molecule has 0 aliphatic carbocycles. The Kier molecular flexibility index (Phi) is 5.48. The Morgan fingerprint density at radius 2 is 2.53 bits per heavy atom. The van der Waals surface area contributed by atoms with Crippen LogP contribution in [0.2, 0.25) is 5.02 Å². The second kappa shape index (κ2) is 7.12. The van der Waals surface area contributed by atoms with Gasteiger partial charge in [-0.1, -0.05) is 23.4 Å². The molecular weight excluding hydrogens is 284 g/mol. The third-order valence-electron chi connectivity index (χ3n) is 2.89. The van der Waals surface area contributed by atoms with Crippen LogP contribution in [-0.4, -0.2) is 35.4 Å². The van der Waals surface area contributed by atoms with Gasteiger partial charge in [0.15, 0.2) is 0 Å². The van der Waals surface area contributed by atoms with E-state index in [4.69, 9.17) is 16.3 Å². The standard InChI is InChI=1S/C13H17ClN2O2S/c1-9(19-12-5-4-10(14)7-15-12)13(17)16-8-11-3-2-6-18-11/h4-5,7,9,11H,2-3,6,8H2,1H3,(H,16,17)/t9-,11+/m1/s1. The van der Waals surface area contributed by atoms with E-state index in [2.05, 4.69) is 10.3 Å². The van der Waals surface area contributed by atoms with Crippen molar-refractivity contribution in [2.45, 2.75) is 36.1 Å². The minimum Gasteiger partial charge on any atom is -0.376 e. The molecule has 0 bridgehead atoms. The lowest BCUT2D eigenvalue weighted by molar-refractivity contribution is -0.120. The Bertz CT molecular complexity index is 421. The van der Waals surface area contributed by atoms with E-state index in [-0.39, 0.29) is 17.3 Å². The number of hydrogen-bond donors (Lipinski definition) is 1. The largest absolute Gasteiger partial charge is 0.376 e. The number of hydrogen-bond acceptors (Lipinski definition) is 4. The summed E-state index contributed by atoms with van der Waals surface area (Å²) in [5.41, 5.74) is 0. The second-order valence-corrected chi connectivity index (χ2v) is 6.25. The summed E-state index contributed by atoms with van der Waals surface area (Å²) in [4.78, 5) is 16.1. The normalized spacial score (nSPS) is 20.2. The lowest BCUT2D eigenvalue weighted by Crippen LogP contribution is -2.36. The molecule has 0 spiro atoms. The number of amides is 1. The summed E-state index contributed by atoms with van der Waals surface area (Å²) in [5, 5.41) is 4.12. The van der Waals surface area contributed by atoms with Gasteiger partial charge in [0.2, 0.25) is 5.91 Å². The lowest BCUT2D eigenvalue weighted by atomic mass is 10.2. The molecule has 2 atom stereocenters. The molecule has 2 heterocycles. The van der Waals surface area contributed by atoms with Crippen LogP contribution in [-0.2, 0) is 9.53 Å². The molecule has 19 heavy (non-hydrogen) atoms. The Labute approximate surface area is 122 Å². The second-order valence-electron chi connectivity index (χ2n) is 4.45. The van der Waals surface area contributed by atoms with Crippen molar-refractivity contribution in [3.05, 3.63) is 23.4 Å². The predicted molar refractivity (Wildman–Crippen MR) is 76.5 cm³/mol. The van der Waals surface area contributed by atoms with Crippen LogP contribution in [0.15, 0.2) is 23.4 Å². The third-order valence-corrected chi connectivity index (χ3v) is 4.17. The molecule has 1 aliphatic rings. The average molecular weight is 301 g/mol. The van der Waals surface area contributed by atoms with Crippen LogP contribution in [0.1, 0.15) is 19.8 Å². The molecular formula is C13H17ClN2O2S. The van der Waals surface area contributed by atoms with Crippen molar-refractivity contribution in [1.29, 1.82) is 0 Å². The van der Waals surface area contributed by atoms with Gasteiger partial charge in [-0.2, -0.15) is 0 Å². The first kappa shape index (κ1) is 14.6. The van der Waals surface area contributed by atoms with E-state index in [1.54, 1.807) is 12.3 Å². The van der Waals surface area contributed by atoms with E-state index in [0.717, 1.165) is 24.5 Å². The zero-order valence-corrected chi connectivity index (χ0v) is 12.3. The fourth-order valence-electron chi connectivity index (χ4n) is 1.83. The Balaban J connectivity index is 1.76. The number of pyridine rings is 1. The van der Waals surface area contributed by atoms with Gasteiger partial charge in [0.25, 0.3) is 0 Å². The number of thioether (sulfide) groups is 1. The number of nitrogens with zero attached hydrogens (tertiary/aromatic N) is 1. The minimum atomic E-state index is -0.185. The summed E-state index contributed by atoms with van der Waals surface area (Å²) in [6, 6.07) is 3.59.